The maximum atomic E-state index is 12.5. The highest BCUT2D eigenvalue weighted by atomic mass is 32.1. The fourth-order valence-corrected chi connectivity index (χ4v) is 3.16. The van der Waals surface area contributed by atoms with Gasteiger partial charge in [0, 0.05) is 19.4 Å². The maximum Gasteiger partial charge on any atom is 0.346 e. The fraction of sp³-hybridized carbons (Fsp3) is 0.231. The third-order valence-corrected chi connectivity index (χ3v) is 4.53. The van der Waals surface area contributed by atoms with E-state index in [0.29, 0.717) is 22.3 Å². The van der Waals surface area contributed by atoms with Crippen LogP contribution in [0.25, 0.3) is 10.2 Å². The summed E-state index contributed by atoms with van der Waals surface area (Å²) in [4.78, 5) is 32.6. The molecule has 0 saturated carbocycles. The van der Waals surface area contributed by atoms with Crippen molar-refractivity contribution in [3.63, 3.8) is 0 Å². The van der Waals surface area contributed by atoms with Gasteiger partial charge in [-0.05, 0) is 12.5 Å². The molecule has 0 amide bonds. The molecule has 7 nitrogen and oxygen atoms in total. The third kappa shape index (κ3) is 2.13. The molecule has 1 N–H and O–H groups in total. The number of carbonyl (C=O) groups is 1. The Labute approximate surface area is 123 Å². The van der Waals surface area contributed by atoms with Crippen molar-refractivity contribution in [1.29, 1.82) is 0 Å². The van der Waals surface area contributed by atoms with Crippen molar-refractivity contribution in [2.45, 2.75) is 13.5 Å². The molecule has 0 aliphatic heterocycles. The number of carboxylic acids is 1. The molecule has 3 heterocycles. The Bertz CT molecular complexity index is 906. The molecule has 0 bridgehead atoms. The second-order valence-electron chi connectivity index (χ2n) is 4.67. The molecule has 0 fully saturated rings. The fourth-order valence-electron chi connectivity index (χ4n) is 2.18. The lowest BCUT2D eigenvalue weighted by Crippen LogP contribution is -2.22. The Balaban J connectivity index is 2.16. The van der Waals surface area contributed by atoms with Gasteiger partial charge >= 0.3 is 5.97 Å². The van der Waals surface area contributed by atoms with Gasteiger partial charge in [-0.1, -0.05) is 0 Å². The van der Waals surface area contributed by atoms with E-state index in [1.165, 1.54) is 10.9 Å². The Morgan fingerprint density at radius 2 is 2.19 bits per heavy atom. The second-order valence-corrected chi connectivity index (χ2v) is 5.67. The molecule has 108 valence electrons. The number of aromatic nitrogens is 4. The Morgan fingerprint density at radius 1 is 1.43 bits per heavy atom. The quantitative estimate of drug-likeness (QED) is 0.786. The molecule has 3 aromatic heterocycles. The SMILES string of the molecule is Cc1c(C(=O)O)sc2ncn(Cc3nccn3C)c(=O)c12. The monoisotopic (exact) mass is 304 g/mol. The molecule has 0 unspecified atom stereocenters. The first-order valence-electron chi connectivity index (χ1n) is 6.17. The number of fused-ring (bicyclic) bond motifs is 1. The molecule has 0 spiro atoms. The van der Waals surface area contributed by atoms with Gasteiger partial charge in [0.2, 0.25) is 0 Å². The minimum absolute atomic E-state index is 0.157. The van der Waals surface area contributed by atoms with Crippen LogP contribution in [0.2, 0.25) is 0 Å². The summed E-state index contributed by atoms with van der Waals surface area (Å²) in [6.07, 6.45) is 4.89. The molecule has 0 radical (unpaired) electrons. The van der Waals surface area contributed by atoms with Crippen molar-refractivity contribution in [2.24, 2.45) is 7.05 Å². The Morgan fingerprint density at radius 3 is 2.81 bits per heavy atom. The molecule has 3 aromatic rings. The van der Waals surface area contributed by atoms with Crippen LogP contribution in [-0.4, -0.2) is 30.2 Å². The molecule has 0 aliphatic carbocycles. The Hall–Kier alpha value is -2.48. The van der Waals surface area contributed by atoms with Crippen LogP contribution in [0, 0.1) is 6.92 Å². The predicted octanol–water partition coefficient (Wildman–Crippen LogP) is 1.25. The normalized spacial score (nSPS) is 11.1. The number of aryl methyl sites for hydroxylation is 2. The van der Waals surface area contributed by atoms with Gasteiger partial charge in [-0.2, -0.15) is 0 Å². The van der Waals surface area contributed by atoms with Crippen molar-refractivity contribution < 1.29 is 9.90 Å². The van der Waals surface area contributed by atoms with Crippen LogP contribution in [0.3, 0.4) is 0 Å². The van der Waals surface area contributed by atoms with Crippen LogP contribution >= 0.6 is 11.3 Å². The molecule has 0 aliphatic rings. The molecule has 21 heavy (non-hydrogen) atoms. The van der Waals surface area contributed by atoms with E-state index in [9.17, 15) is 9.59 Å². The van der Waals surface area contributed by atoms with Crippen molar-refractivity contribution in [3.05, 3.63) is 45.3 Å². The van der Waals surface area contributed by atoms with Crippen LogP contribution in [-0.2, 0) is 13.6 Å². The molecule has 8 heteroatoms. The number of hydrogen-bond acceptors (Lipinski definition) is 5. The number of carboxylic acid groups (broad SMARTS) is 1. The minimum Gasteiger partial charge on any atom is -0.477 e. The summed E-state index contributed by atoms with van der Waals surface area (Å²) in [6.45, 7) is 1.93. The summed E-state index contributed by atoms with van der Waals surface area (Å²) in [7, 11) is 1.84. The lowest BCUT2D eigenvalue weighted by Gasteiger charge is -2.05. The first-order valence-corrected chi connectivity index (χ1v) is 6.98. The number of imidazole rings is 1. The number of thiophene rings is 1. The number of hydrogen-bond donors (Lipinski definition) is 1. The topological polar surface area (TPSA) is 90.0 Å². The van der Waals surface area contributed by atoms with Crippen LogP contribution in [0.15, 0.2) is 23.5 Å². The number of aromatic carboxylic acids is 1. The number of rotatable bonds is 3. The van der Waals surface area contributed by atoms with E-state index in [-0.39, 0.29) is 10.4 Å². The first kappa shape index (κ1) is 13.5. The zero-order chi connectivity index (χ0) is 15.1. The molecular formula is C13H12N4O3S. The standard InChI is InChI=1S/C13H12N4O3S/c1-7-9-11(21-10(7)13(19)20)15-6-17(12(9)18)5-8-14-3-4-16(8)2/h3-4,6H,5H2,1-2H3,(H,19,20). The van der Waals surface area contributed by atoms with Crippen molar-refractivity contribution >= 4 is 27.5 Å². The Kier molecular flexibility index (Phi) is 3.09. The van der Waals surface area contributed by atoms with E-state index in [4.69, 9.17) is 5.11 Å². The third-order valence-electron chi connectivity index (χ3n) is 3.34. The number of nitrogens with zero attached hydrogens (tertiary/aromatic N) is 4. The smallest absolute Gasteiger partial charge is 0.346 e. The lowest BCUT2D eigenvalue weighted by atomic mass is 10.2. The van der Waals surface area contributed by atoms with Crippen molar-refractivity contribution in [3.8, 4) is 0 Å². The highest BCUT2D eigenvalue weighted by molar-refractivity contribution is 7.20. The summed E-state index contributed by atoms with van der Waals surface area (Å²) in [5, 5.41) is 9.50. The summed E-state index contributed by atoms with van der Waals surface area (Å²) >= 11 is 1.02. The summed E-state index contributed by atoms with van der Waals surface area (Å²) in [5.74, 6) is -0.310. The van der Waals surface area contributed by atoms with E-state index in [0.717, 1.165) is 17.2 Å². The van der Waals surface area contributed by atoms with Gasteiger partial charge in [-0.3, -0.25) is 9.36 Å². The molecule has 0 saturated heterocycles. The van der Waals surface area contributed by atoms with Gasteiger partial charge in [0.05, 0.1) is 18.3 Å². The van der Waals surface area contributed by atoms with Crippen LogP contribution in [0.1, 0.15) is 21.1 Å². The van der Waals surface area contributed by atoms with Crippen LogP contribution in [0.4, 0.5) is 0 Å². The van der Waals surface area contributed by atoms with Crippen molar-refractivity contribution in [1.82, 2.24) is 19.1 Å². The van der Waals surface area contributed by atoms with E-state index in [1.807, 2.05) is 11.6 Å². The summed E-state index contributed by atoms with van der Waals surface area (Å²) in [6, 6.07) is 0. The van der Waals surface area contributed by atoms with Gasteiger partial charge < -0.3 is 9.67 Å². The highest BCUT2D eigenvalue weighted by Gasteiger charge is 2.19. The van der Waals surface area contributed by atoms with Gasteiger partial charge in [0.1, 0.15) is 15.5 Å². The van der Waals surface area contributed by atoms with Crippen LogP contribution < -0.4 is 5.56 Å². The second kappa shape index (κ2) is 4.81. The molecular weight excluding hydrogens is 292 g/mol. The van der Waals surface area contributed by atoms with E-state index in [2.05, 4.69) is 9.97 Å². The van der Waals surface area contributed by atoms with Crippen LogP contribution in [0.5, 0.6) is 0 Å². The first-order chi connectivity index (χ1) is 9.99. The lowest BCUT2D eigenvalue weighted by molar-refractivity contribution is 0.0701. The summed E-state index contributed by atoms with van der Waals surface area (Å²) in [5.41, 5.74) is 0.221. The van der Waals surface area contributed by atoms with Gasteiger partial charge in [0.25, 0.3) is 5.56 Å². The zero-order valence-corrected chi connectivity index (χ0v) is 12.2. The van der Waals surface area contributed by atoms with Crippen molar-refractivity contribution in [2.75, 3.05) is 0 Å². The molecule has 3 rings (SSSR count). The summed E-state index contributed by atoms with van der Waals surface area (Å²) < 4.78 is 3.26. The molecule has 0 atom stereocenters. The van der Waals surface area contributed by atoms with E-state index >= 15 is 0 Å². The average molecular weight is 304 g/mol. The van der Waals surface area contributed by atoms with Gasteiger partial charge in [0.15, 0.2) is 0 Å². The van der Waals surface area contributed by atoms with Gasteiger partial charge in [-0.25, -0.2) is 14.8 Å². The van der Waals surface area contributed by atoms with E-state index < -0.39 is 5.97 Å². The predicted molar refractivity (Wildman–Crippen MR) is 77.9 cm³/mol. The zero-order valence-electron chi connectivity index (χ0n) is 11.4. The average Bonchev–Trinajstić information content (AvgIpc) is 2.98. The van der Waals surface area contributed by atoms with E-state index in [1.54, 1.807) is 19.3 Å². The van der Waals surface area contributed by atoms with Gasteiger partial charge in [-0.15, -0.1) is 11.3 Å². The largest absolute Gasteiger partial charge is 0.477 e. The minimum atomic E-state index is -1.04. The maximum absolute atomic E-state index is 12.5. The molecule has 0 aromatic carbocycles. The highest BCUT2D eigenvalue weighted by Crippen LogP contribution is 2.26.